The number of ketones is 2. The molecular weight excluding hydrogens is 374 g/mol. The number of methoxy groups -OCH3 is 1. The Morgan fingerprint density at radius 3 is 2.17 bits per heavy atom. The minimum atomic E-state index is -0.559. The molecule has 148 valence electrons. The van der Waals surface area contributed by atoms with E-state index < -0.39 is 17.5 Å². The van der Waals surface area contributed by atoms with Crippen LogP contribution in [0.2, 0.25) is 0 Å². The Balaban J connectivity index is 1.47. The fourth-order valence-corrected chi connectivity index (χ4v) is 2.51. The average Bonchev–Trinajstić information content (AvgIpc) is 2.74. The summed E-state index contributed by atoms with van der Waals surface area (Å²) < 4.78 is 15.9. The van der Waals surface area contributed by atoms with Crippen LogP contribution < -0.4 is 14.8 Å². The van der Waals surface area contributed by atoms with Crippen molar-refractivity contribution in [2.45, 2.75) is 6.61 Å². The molecule has 1 aliphatic rings. The van der Waals surface area contributed by atoms with E-state index in [4.69, 9.17) is 14.2 Å². The lowest BCUT2D eigenvalue weighted by molar-refractivity contribution is -0.124. The molecule has 0 bridgehead atoms. The molecule has 0 aliphatic heterocycles. The largest absolute Gasteiger partial charge is 0.493 e. The van der Waals surface area contributed by atoms with E-state index in [0.29, 0.717) is 18.1 Å². The van der Waals surface area contributed by atoms with E-state index in [2.05, 4.69) is 5.32 Å². The van der Waals surface area contributed by atoms with Gasteiger partial charge in [0.15, 0.2) is 12.4 Å². The number of hydrogen-bond acceptors (Lipinski definition) is 6. The van der Waals surface area contributed by atoms with Crippen molar-refractivity contribution in [2.24, 2.45) is 0 Å². The number of carbonyl (C=O) groups excluding carboxylic acids is 3. The maximum Gasteiger partial charge on any atom is 0.262 e. The zero-order chi connectivity index (χ0) is 20.6. The lowest BCUT2D eigenvalue weighted by Gasteiger charge is -2.13. The van der Waals surface area contributed by atoms with Gasteiger partial charge in [0.25, 0.3) is 5.91 Å². The van der Waals surface area contributed by atoms with Crippen LogP contribution in [-0.4, -0.2) is 31.2 Å². The Kier molecular flexibility index (Phi) is 6.42. The Morgan fingerprint density at radius 2 is 1.52 bits per heavy atom. The van der Waals surface area contributed by atoms with Gasteiger partial charge in [-0.05, 0) is 29.8 Å². The van der Waals surface area contributed by atoms with Crippen molar-refractivity contribution in [3.8, 4) is 11.5 Å². The summed E-state index contributed by atoms with van der Waals surface area (Å²) in [6, 6.07) is 16.6. The molecule has 0 spiro atoms. The third-order valence-electron chi connectivity index (χ3n) is 3.98. The number of ether oxygens (including phenoxy) is 3. The molecule has 0 unspecified atom stereocenters. The van der Waals surface area contributed by atoms with Crippen LogP contribution in [0.25, 0.3) is 0 Å². The predicted octanol–water partition coefficient (Wildman–Crippen LogP) is 2.33. The zero-order valence-corrected chi connectivity index (χ0v) is 15.7. The van der Waals surface area contributed by atoms with Gasteiger partial charge in [-0.1, -0.05) is 30.3 Å². The number of carbonyl (C=O) groups is 3. The Hall–Kier alpha value is -3.87. The molecule has 29 heavy (non-hydrogen) atoms. The van der Waals surface area contributed by atoms with Crippen molar-refractivity contribution in [1.29, 1.82) is 0 Å². The summed E-state index contributed by atoms with van der Waals surface area (Å²) in [6.07, 6.45) is 2.06. The van der Waals surface area contributed by atoms with E-state index >= 15 is 0 Å². The molecule has 1 N–H and O–H groups in total. The fourth-order valence-electron chi connectivity index (χ4n) is 2.51. The van der Waals surface area contributed by atoms with E-state index in [-0.39, 0.29) is 18.1 Å². The molecule has 2 aromatic carbocycles. The van der Waals surface area contributed by atoms with E-state index in [1.54, 1.807) is 24.3 Å². The SMILES string of the molecule is COC1=CC(=O)C(NC(=O)COc2ccc(OCc3ccccc3)cc2)=CC1=O. The molecular formula is C22H19NO6. The lowest BCUT2D eigenvalue weighted by Crippen LogP contribution is -2.33. The molecule has 0 saturated heterocycles. The monoisotopic (exact) mass is 393 g/mol. The minimum Gasteiger partial charge on any atom is -0.493 e. The van der Waals surface area contributed by atoms with Gasteiger partial charge in [0.05, 0.1) is 12.8 Å². The molecule has 0 atom stereocenters. The zero-order valence-electron chi connectivity index (χ0n) is 15.7. The first-order valence-electron chi connectivity index (χ1n) is 8.80. The van der Waals surface area contributed by atoms with Crippen LogP contribution in [0.3, 0.4) is 0 Å². The Labute approximate surface area is 167 Å². The highest BCUT2D eigenvalue weighted by Gasteiger charge is 2.22. The third-order valence-corrected chi connectivity index (χ3v) is 3.98. The molecule has 0 fully saturated rings. The molecule has 1 aliphatic carbocycles. The molecule has 0 radical (unpaired) electrons. The van der Waals surface area contributed by atoms with Gasteiger partial charge in [-0.2, -0.15) is 0 Å². The number of rotatable bonds is 8. The topological polar surface area (TPSA) is 90.9 Å². The molecule has 7 nitrogen and oxygen atoms in total. The summed E-state index contributed by atoms with van der Waals surface area (Å²) in [5.41, 5.74) is 0.941. The smallest absolute Gasteiger partial charge is 0.262 e. The summed E-state index contributed by atoms with van der Waals surface area (Å²) in [5.74, 6) is -0.504. The first kappa shape index (κ1) is 19.9. The van der Waals surface area contributed by atoms with Crippen molar-refractivity contribution >= 4 is 17.5 Å². The summed E-state index contributed by atoms with van der Waals surface area (Å²) in [7, 11) is 1.29. The van der Waals surface area contributed by atoms with Crippen molar-refractivity contribution < 1.29 is 28.6 Å². The van der Waals surface area contributed by atoms with Crippen LogP contribution >= 0.6 is 0 Å². The van der Waals surface area contributed by atoms with Crippen LogP contribution in [0, 0.1) is 0 Å². The summed E-state index contributed by atoms with van der Waals surface area (Å²) in [5, 5.41) is 2.37. The van der Waals surface area contributed by atoms with E-state index in [1.807, 2.05) is 30.3 Å². The van der Waals surface area contributed by atoms with Crippen molar-refractivity contribution in [1.82, 2.24) is 5.32 Å². The quantitative estimate of drug-likeness (QED) is 0.693. The minimum absolute atomic E-state index is 0.0705. The number of nitrogens with one attached hydrogen (secondary N) is 1. The van der Waals surface area contributed by atoms with Gasteiger partial charge >= 0.3 is 0 Å². The molecule has 3 rings (SSSR count). The second-order valence-electron chi connectivity index (χ2n) is 6.08. The predicted molar refractivity (Wildman–Crippen MR) is 104 cm³/mol. The van der Waals surface area contributed by atoms with Crippen molar-refractivity contribution in [2.75, 3.05) is 13.7 Å². The first-order valence-corrected chi connectivity index (χ1v) is 8.80. The van der Waals surface area contributed by atoms with Gasteiger partial charge in [0.2, 0.25) is 11.6 Å². The molecule has 2 aromatic rings. The van der Waals surface area contributed by atoms with Gasteiger partial charge < -0.3 is 19.5 Å². The molecule has 1 amide bonds. The van der Waals surface area contributed by atoms with Gasteiger partial charge in [0, 0.05) is 12.2 Å². The van der Waals surface area contributed by atoms with Gasteiger partial charge in [-0.15, -0.1) is 0 Å². The van der Waals surface area contributed by atoms with E-state index in [9.17, 15) is 14.4 Å². The maximum atomic E-state index is 12.0. The Morgan fingerprint density at radius 1 is 0.862 bits per heavy atom. The second-order valence-corrected chi connectivity index (χ2v) is 6.08. The van der Waals surface area contributed by atoms with Gasteiger partial charge in [-0.3, -0.25) is 14.4 Å². The molecule has 7 heteroatoms. The van der Waals surface area contributed by atoms with Crippen LogP contribution in [0.15, 0.2) is 78.2 Å². The van der Waals surface area contributed by atoms with Gasteiger partial charge in [0.1, 0.15) is 18.1 Å². The van der Waals surface area contributed by atoms with Crippen LogP contribution in [-0.2, 0) is 25.7 Å². The molecule has 0 heterocycles. The number of allylic oxidation sites excluding steroid dienone is 2. The standard InChI is InChI=1S/C22H19NO6/c1-27-21-12-19(24)18(11-20(21)25)23-22(26)14-29-17-9-7-16(8-10-17)28-13-15-5-3-2-4-6-15/h2-12H,13-14H2,1H3,(H,23,26). The van der Waals surface area contributed by atoms with Crippen molar-refractivity contribution in [3.05, 3.63) is 83.8 Å². The first-order chi connectivity index (χ1) is 14.0. The average molecular weight is 393 g/mol. The number of benzene rings is 2. The van der Waals surface area contributed by atoms with Crippen LogP contribution in [0.5, 0.6) is 11.5 Å². The normalized spacial score (nSPS) is 13.3. The third kappa shape index (κ3) is 5.55. The maximum absolute atomic E-state index is 12.0. The summed E-state index contributed by atoms with van der Waals surface area (Å²) >= 11 is 0. The highest BCUT2D eigenvalue weighted by molar-refractivity contribution is 6.19. The summed E-state index contributed by atoms with van der Waals surface area (Å²) in [4.78, 5) is 35.6. The van der Waals surface area contributed by atoms with Crippen LogP contribution in [0.4, 0.5) is 0 Å². The Bertz CT molecular complexity index is 961. The van der Waals surface area contributed by atoms with Crippen LogP contribution in [0.1, 0.15) is 5.56 Å². The molecule has 0 saturated carbocycles. The van der Waals surface area contributed by atoms with E-state index in [0.717, 1.165) is 17.7 Å². The highest BCUT2D eigenvalue weighted by Crippen LogP contribution is 2.19. The molecule has 0 aromatic heterocycles. The van der Waals surface area contributed by atoms with Gasteiger partial charge in [-0.25, -0.2) is 0 Å². The van der Waals surface area contributed by atoms with Crippen molar-refractivity contribution in [3.63, 3.8) is 0 Å². The second kappa shape index (κ2) is 9.36. The van der Waals surface area contributed by atoms with E-state index in [1.165, 1.54) is 7.11 Å². The summed E-state index contributed by atoms with van der Waals surface area (Å²) in [6.45, 7) is 0.133. The number of amides is 1. The number of hydrogen-bond donors (Lipinski definition) is 1. The fraction of sp³-hybridized carbons (Fsp3) is 0.136. The lowest BCUT2D eigenvalue weighted by atomic mass is 10.1. The highest BCUT2D eigenvalue weighted by atomic mass is 16.5.